The molecule has 4 heteroatoms. The summed E-state index contributed by atoms with van der Waals surface area (Å²) in [6.07, 6.45) is 2.75. The molecule has 1 aromatic heterocycles. The van der Waals surface area contributed by atoms with Gasteiger partial charge in [0.1, 0.15) is 0 Å². The molecule has 0 spiro atoms. The molecule has 0 atom stereocenters. The summed E-state index contributed by atoms with van der Waals surface area (Å²) < 4.78 is 0. The van der Waals surface area contributed by atoms with Crippen LogP contribution in [0.5, 0.6) is 0 Å². The van der Waals surface area contributed by atoms with Crippen LogP contribution in [0.15, 0.2) is 35.8 Å². The van der Waals surface area contributed by atoms with Crippen molar-refractivity contribution >= 4 is 17.0 Å². The van der Waals surface area contributed by atoms with Gasteiger partial charge in [0.15, 0.2) is 0 Å². The molecular weight excluding hydrogens is 218 g/mol. The third kappa shape index (κ3) is 2.81. The van der Waals surface area contributed by atoms with Crippen molar-refractivity contribution in [2.75, 3.05) is 11.9 Å². The predicted octanol–water partition coefficient (Wildman–Crippen LogP) is 2.67. The number of nitriles is 1. The molecular formula is C12H11N3S. The van der Waals surface area contributed by atoms with Crippen molar-refractivity contribution < 1.29 is 0 Å². The van der Waals surface area contributed by atoms with E-state index in [0.29, 0.717) is 5.56 Å². The molecule has 0 aliphatic heterocycles. The van der Waals surface area contributed by atoms with Crippen molar-refractivity contribution in [2.24, 2.45) is 0 Å². The van der Waals surface area contributed by atoms with E-state index in [1.54, 1.807) is 11.3 Å². The average Bonchev–Trinajstić information content (AvgIpc) is 2.83. The normalized spacial score (nSPS) is 9.69. The summed E-state index contributed by atoms with van der Waals surface area (Å²) in [5, 5.41) is 15.1. The number of rotatable bonds is 4. The number of nitrogens with zero attached hydrogens (tertiary/aromatic N) is 2. The molecule has 0 aliphatic carbocycles. The van der Waals surface area contributed by atoms with Gasteiger partial charge in [-0.25, -0.2) is 4.98 Å². The molecule has 1 heterocycles. The Morgan fingerprint density at radius 1 is 1.31 bits per heavy atom. The van der Waals surface area contributed by atoms with E-state index in [2.05, 4.69) is 16.4 Å². The Kier molecular flexibility index (Phi) is 3.52. The van der Waals surface area contributed by atoms with Crippen LogP contribution >= 0.6 is 11.3 Å². The predicted molar refractivity (Wildman–Crippen MR) is 65.5 cm³/mol. The van der Waals surface area contributed by atoms with E-state index >= 15 is 0 Å². The summed E-state index contributed by atoms with van der Waals surface area (Å²) in [5.74, 6) is 0. The van der Waals surface area contributed by atoms with Gasteiger partial charge in [-0.2, -0.15) is 5.26 Å². The molecule has 2 aromatic rings. The third-order valence-electron chi connectivity index (χ3n) is 2.17. The molecule has 80 valence electrons. The molecule has 0 bridgehead atoms. The smallest absolute Gasteiger partial charge is 0.0991 e. The fourth-order valence-electron chi connectivity index (χ4n) is 1.35. The van der Waals surface area contributed by atoms with Crippen LogP contribution in [0, 0.1) is 11.3 Å². The van der Waals surface area contributed by atoms with E-state index in [4.69, 9.17) is 5.26 Å². The Bertz CT molecular complexity index is 468. The van der Waals surface area contributed by atoms with Crippen LogP contribution < -0.4 is 5.32 Å². The number of anilines is 1. The zero-order valence-electron chi connectivity index (χ0n) is 8.68. The molecule has 0 aliphatic rings. The first kappa shape index (κ1) is 10.7. The van der Waals surface area contributed by atoms with Crippen molar-refractivity contribution in [1.82, 2.24) is 4.98 Å². The summed E-state index contributed by atoms with van der Waals surface area (Å²) in [4.78, 5) is 4.21. The lowest BCUT2D eigenvalue weighted by Crippen LogP contribution is -2.04. The number of thiazole rings is 1. The lowest BCUT2D eigenvalue weighted by atomic mass is 10.2. The molecule has 2 rings (SSSR count). The van der Waals surface area contributed by atoms with Gasteiger partial charge in [0, 0.05) is 30.2 Å². The first-order valence-corrected chi connectivity index (χ1v) is 5.89. The van der Waals surface area contributed by atoms with E-state index in [1.807, 2.05) is 35.8 Å². The van der Waals surface area contributed by atoms with E-state index in [0.717, 1.165) is 23.7 Å². The van der Waals surface area contributed by atoms with Gasteiger partial charge in [-0.05, 0) is 24.3 Å². The van der Waals surface area contributed by atoms with Gasteiger partial charge in [0.05, 0.1) is 16.6 Å². The Morgan fingerprint density at radius 3 is 2.75 bits per heavy atom. The molecule has 0 radical (unpaired) electrons. The Hall–Kier alpha value is -1.86. The summed E-state index contributed by atoms with van der Waals surface area (Å²) in [7, 11) is 0. The van der Waals surface area contributed by atoms with E-state index in [-0.39, 0.29) is 0 Å². The van der Waals surface area contributed by atoms with Gasteiger partial charge < -0.3 is 5.32 Å². The Balaban J connectivity index is 1.83. The van der Waals surface area contributed by atoms with E-state index in [1.165, 1.54) is 0 Å². The topological polar surface area (TPSA) is 48.7 Å². The molecule has 0 saturated carbocycles. The van der Waals surface area contributed by atoms with Crippen LogP contribution in [-0.2, 0) is 6.42 Å². The fourth-order valence-corrected chi connectivity index (χ4v) is 1.97. The number of benzene rings is 1. The van der Waals surface area contributed by atoms with Crippen LogP contribution in [0.1, 0.15) is 10.6 Å². The van der Waals surface area contributed by atoms with Crippen LogP contribution in [0.2, 0.25) is 0 Å². The third-order valence-corrected chi connectivity index (χ3v) is 3.00. The fraction of sp³-hybridized carbons (Fsp3) is 0.167. The van der Waals surface area contributed by atoms with Crippen molar-refractivity contribution in [3.8, 4) is 6.07 Å². The van der Waals surface area contributed by atoms with Gasteiger partial charge >= 0.3 is 0 Å². The molecule has 0 amide bonds. The monoisotopic (exact) mass is 229 g/mol. The summed E-state index contributed by atoms with van der Waals surface area (Å²) in [5.41, 5.74) is 1.72. The number of nitrogens with one attached hydrogen (secondary N) is 1. The summed E-state index contributed by atoms with van der Waals surface area (Å²) >= 11 is 1.67. The van der Waals surface area contributed by atoms with Crippen molar-refractivity contribution in [2.45, 2.75) is 6.42 Å². The SMILES string of the molecule is N#Cc1ccc(NCCc2nccs2)cc1. The molecule has 0 fully saturated rings. The second-order valence-electron chi connectivity index (χ2n) is 3.29. The van der Waals surface area contributed by atoms with E-state index < -0.39 is 0 Å². The summed E-state index contributed by atoms with van der Waals surface area (Å²) in [6, 6.07) is 9.55. The largest absolute Gasteiger partial charge is 0.385 e. The molecule has 3 nitrogen and oxygen atoms in total. The number of hydrogen-bond acceptors (Lipinski definition) is 4. The number of aromatic nitrogens is 1. The average molecular weight is 229 g/mol. The maximum absolute atomic E-state index is 8.65. The lowest BCUT2D eigenvalue weighted by Gasteiger charge is -2.04. The molecule has 1 N–H and O–H groups in total. The summed E-state index contributed by atoms with van der Waals surface area (Å²) in [6.45, 7) is 0.861. The maximum atomic E-state index is 8.65. The quantitative estimate of drug-likeness (QED) is 0.876. The van der Waals surface area contributed by atoms with Crippen LogP contribution in [0.4, 0.5) is 5.69 Å². The first-order chi connectivity index (χ1) is 7.88. The lowest BCUT2D eigenvalue weighted by molar-refractivity contribution is 0.998. The van der Waals surface area contributed by atoms with Gasteiger partial charge in [0.25, 0.3) is 0 Å². The standard InChI is InChI=1S/C12H11N3S/c13-9-10-1-3-11(4-2-10)14-6-5-12-15-7-8-16-12/h1-4,7-8,14H,5-6H2. The molecule has 1 aromatic carbocycles. The molecule has 0 saturated heterocycles. The Morgan fingerprint density at radius 2 is 2.12 bits per heavy atom. The zero-order chi connectivity index (χ0) is 11.2. The highest BCUT2D eigenvalue weighted by Gasteiger charge is 1.96. The van der Waals surface area contributed by atoms with Crippen LogP contribution in [0.25, 0.3) is 0 Å². The zero-order valence-corrected chi connectivity index (χ0v) is 9.50. The van der Waals surface area contributed by atoms with Crippen molar-refractivity contribution in [1.29, 1.82) is 5.26 Å². The first-order valence-electron chi connectivity index (χ1n) is 5.01. The second-order valence-corrected chi connectivity index (χ2v) is 4.27. The maximum Gasteiger partial charge on any atom is 0.0991 e. The molecule has 16 heavy (non-hydrogen) atoms. The highest BCUT2D eigenvalue weighted by molar-refractivity contribution is 7.09. The van der Waals surface area contributed by atoms with Gasteiger partial charge in [0.2, 0.25) is 0 Å². The molecule has 0 unspecified atom stereocenters. The number of hydrogen-bond donors (Lipinski definition) is 1. The van der Waals surface area contributed by atoms with Crippen molar-refractivity contribution in [3.05, 3.63) is 46.4 Å². The van der Waals surface area contributed by atoms with Crippen molar-refractivity contribution in [3.63, 3.8) is 0 Å². The Labute approximate surface area is 98.4 Å². The minimum absolute atomic E-state index is 0.686. The van der Waals surface area contributed by atoms with Gasteiger partial charge in [-0.1, -0.05) is 0 Å². The van der Waals surface area contributed by atoms with Crippen LogP contribution in [-0.4, -0.2) is 11.5 Å². The van der Waals surface area contributed by atoms with Crippen LogP contribution in [0.3, 0.4) is 0 Å². The minimum Gasteiger partial charge on any atom is -0.385 e. The second kappa shape index (κ2) is 5.29. The van der Waals surface area contributed by atoms with E-state index in [9.17, 15) is 0 Å². The van der Waals surface area contributed by atoms with Gasteiger partial charge in [-0.15, -0.1) is 11.3 Å². The van der Waals surface area contributed by atoms with Gasteiger partial charge in [-0.3, -0.25) is 0 Å². The highest BCUT2D eigenvalue weighted by atomic mass is 32.1. The highest BCUT2D eigenvalue weighted by Crippen LogP contribution is 2.09. The minimum atomic E-state index is 0.686.